The van der Waals surface area contributed by atoms with Crippen LogP contribution in [0, 0.1) is 0 Å². The molecule has 0 fully saturated rings. The molecule has 4 rings (SSSR count). The van der Waals surface area contributed by atoms with Crippen LogP contribution in [0.3, 0.4) is 0 Å². The number of fused-ring (bicyclic) bond motifs is 1. The van der Waals surface area contributed by atoms with Crippen molar-refractivity contribution in [2.75, 3.05) is 0 Å². The predicted octanol–water partition coefficient (Wildman–Crippen LogP) is 7.28. The van der Waals surface area contributed by atoms with E-state index in [0.29, 0.717) is 13.2 Å². The molecule has 0 amide bonds. The molecule has 2 nitrogen and oxygen atoms in total. The Hall–Kier alpha value is -3.78. The standard InChI is InChI=1S/C28H24O2/c1-3-21-5-9-23(10-6-21)19-29-27-15-13-25-14-16-28(18-26(25)17-27)30-20-24-11-7-22(4-2)8-12-24/h3-18H,1-2,19-20H2. The summed E-state index contributed by atoms with van der Waals surface area (Å²) in [4.78, 5) is 0. The Morgan fingerprint density at radius 1 is 0.533 bits per heavy atom. The van der Waals surface area contributed by atoms with Crippen molar-refractivity contribution in [3.8, 4) is 11.5 Å². The van der Waals surface area contributed by atoms with Gasteiger partial charge in [0.05, 0.1) is 0 Å². The van der Waals surface area contributed by atoms with Crippen LogP contribution in [0.4, 0.5) is 0 Å². The maximum absolute atomic E-state index is 5.99. The smallest absolute Gasteiger partial charge is 0.120 e. The molecule has 4 aromatic rings. The van der Waals surface area contributed by atoms with Crippen molar-refractivity contribution in [1.29, 1.82) is 0 Å². The summed E-state index contributed by atoms with van der Waals surface area (Å²) in [5, 5.41) is 2.24. The normalized spacial score (nSPS) is 10.5. The molecular weight excluding hydrogens is 368 g/mol. The van der Waals surface area contributed by atoms with E-state index in [1.165, 1.54) is 0 Å². The van der Waals surface area contributed by atoms with Crippen molar-refractivity contribution in [2.45, 2.75) is 13.2 Å². The van der Waals surface area contributed by atoms with Crippen LogP contribution in [0.2, 0.25) is 0 Å². The second-order valence-corrected chi connectivity index (χ2v) is 7.14. The van der Waals surface area contributed by atoms with E-state index in [2.05, 4.69) is 61.7 Å². The topological polar surface area (TPSA) is 18.5 Å². The fraction of sp³-hybridized carbons (Fsp3) is 0.0714. The van der Waals surface area contributed by atoms with Gasteiger partial charge in [-0.25, -0.2) is 0 Å². The number of hydrogen-bond donors (Lipinski definition) is 0. The average Bonchev–Trinajstić information content (AvgIpc) is 2.81. The van der Waals surface area contributed by atoms with Gasteiger partial charge in [-0.2, -0.15) is 0 Å². The Bertz CT molecular complexity index is 1070. The van der Waals surface area contributed by atoms with E-state index in [4.69, 9.17) is 9.47 Å². The molecule has 30 heavy (non-hydrogen) atoms. The molecule has 0 radical (unpaired) electrons. The summed E-state index contributed by atoms with van der Waals surface area (Å²) in [6, 6.07) is 28.7. The summed E-state index contributed by atoms with van der Waals surface area (Å²) in [5.74, 6) is 1.68. The highest BCUT2D eigenvalue weighted by Crippen LogP contribution is 2.26. The Labute approximate surface area is 177 Å². The second kappa shape index (κ2) is 9.15. The van der Waals surface area contributed by atoms with Gasteiger partial charge in [0.15, 0.2) is 0 Å². The number of ether oxygens (including phenoxy) is 2. The molecule has 0 heterocycles. The quantitative estimate of drug-likeness (QED) is 0.313. The van der Waals surface area contributed by atoms with E-state index in [9.17, 15) is 0 Å². The third kappa shape index (κ3) is 4.79. The Balaban J connectivity index is 1.43. The first-order valence-corrected chi connectivity index (χ1v) is 9.96. The lowest BCUT2D eigenvalue weighted by molar-refractivity contribution is 0.305. The van der Waals surface area contributed by atoms with Gasteiger partial charge < -0.3 is 9.47 Å². The first-order chi connectivity index (χ1) is 14.7. The maximum atomic E-state index is 5.99. The highest BCUT2D eigenvalue weighted by molar-refractivity contribution is 5.85. The van der Waals surface area contributed by atoms with Crippen molar-refractivity contribution in [3.63, 3.8) is 0 Å². The first kappa shape index (κ1) is 19.5. The molecule has 0 saturated heterocycles. The van der Waals surface area contributed by atoms with Crippen LogP contribution in [0.15, 0.2) is 98.1 Å². The van der Waals surface area contributed by atoms with Crippen LogP contribution >= 0.6 is 0 Å². The molecule has 0 atom stereocenters. The van der Waals surface area contributed by atoms with Gasteiger partial charge in [-0.1, -0.05) is 86.0 Å². The van der Waals surface area contributed by atoms with Gasteiger partial charge in [-0.15, -0.1) is 0 Å². The fourth-order valence-corrected chi connectivity index (χ4v) is 3.22. The van der Waals surface area contributed by atoms with E-state index in [0.717, 1.165) is 44.5 Å². The Morgan fingerprint density at radius 2 is 0.967 bits per heavy atom. The van der Waals surface area contributed by atoms with Gasteiger partial charge in [-0.3, -0.25) is 0 Å². The summed E-state index contributed by atoms with van der Waals surface area (Å²) in [7, 11) is 0. The van der Waals surface area contributed by atoms with Crippen molar-refractivity contribution in [2.24, 2.45) is 0 Å². The van der Waals surface area contributed by atoms with E-state index >= 15 is 0 Å². The summed E-state index contributed by atoms with van der Waals surface area (Å²) >= 11 is 0. The van der Waals surface area contributed by atoms with Gasteiger partial charge in [0, 0.05) is 0 Å². The minimum absolute atomic E-state index is 0.528. The summed E-state index contributed by atoms with van der Waals surface area (Å²) in [5.41, 5.74) is 4.46. The SMILES string of the molecule is C=Cc1ccc(COc2ccc3ccc(OCc4ccc(C=C)cc4)cc3c2)cc1. The molecular formula is C28H24O2. The first-order valence-electron chi connectivity index (χ1n) is 9.96. The summed E-state index contributed by atoms with van der Waals surface area (Å²) in [6.07, 6.45) is 3.67. The van der Waals surface area contributed by atoms with E-state index in [-0.39, 0.29) is 0 Å². The van der Waals surface area contributed by atoms with Gasteiger partial charge in [0.25, 0.3) is 0 Å². The van der Waals surface area contributed by atoms with Crippen LogP contribution in [-0.2, 0) is 13.2 Å². The summed E-state index contributed by atoms with van der Waals surface area (Å²) < 4.78 is 12.0. The Kier molecular flexibility index (Phi) is 5.95. The number of rotatable bonds is 8. The monoisotopic (exact) mass is 392 g/mol. The van der Waals surface area contributed by atoms with Crippen LogP contribution in [0.5, 0.6) is 11.5 Å². The molecule has 0 aliphatic heterocycles. The second-order valence-electron chi connectivity index (χ2n) is 7.14. The lowest BCUT2D eigenvalue weighted by atomic mass is 10.1. The van der Waals surface area contributed by atoms with Gasteiger partial charge in [-0.05, 0) is 57.3 Å². The molecule has 2 heteroatoms. The highest BCUT2D eigenvalue weighted by atomic mass is 16.5. The Morgan fingerprint density at radius 3 is 1.37 bits per heavy atom. The van der Waals surface area contributed by atoms with Crippen molar-refractivity contribution in [1.82, 2.24) is 0 Å². The molecule has 4 aromatic carbocycles. The van der Waals surface area contributed by atoms with Gasteiger partial charge >= 0.3 is 0 Å². The zero-order valence-corrected chi connectivity index (χ0v) is 16.9. The third-order valence-electron chi connectivity index (χ3n) is 5.03. The van der Waals surface area contributed by atoms with Crippen molar-refractivity contribution < 1.29 is 9.47 Å². The van der Waals surface area contributed by atoms with E-state index in [1.54, 1.807) is 0 Å². The van der Waals surface area contributed by atoms with Gasteiger partial charge in [0.1, 0.15) is 24.7 Å². The zero-order valence-electron chi connectivity index (χ0n) is 16.9. The van der Waals surface area contributed by atoms with Crippen LogP contribution in [0.25, 0.3) is 22.9 Å². The predicted molar refractivity (Wildman–Crippen MR) is 126 cm³/mol. The lowest BCUT2D eigenvalue weighted by Gasteiger charge is -2.10. The zero-order chi connectivity index (χ0) is 20.8. The molecule has 148 valence electrons. The molecule has 0 unspecified atom stereocenters. The molecule has 0 aliphatic carbocycles. The minimum atomic E-state index is 0.528. The van der Waals surface area contributed by atoms with E-state index < -0.39 is 0 Å². The average molecular weight is 392 g/mol. The molecule has 0 bridgehead atoms. The third-order valence-corrected chi connectivity index (χ3v) is 5.03. The van der Waals surface area contributed by atoms with Crippen LogP contribution in [0.1, 0.15) is 22.3 Å². The van der Waals surface area contributed by atoms with Crippen molar-refractivity contribution >= 4 is 22.9 Å². The minimum Gasteiger partial charge on any atom is -0.489 e. The lowest BCUT2D eigenvalue weighted by Crippen LogP contribution is -1.96. The van der Waals surface area contributed by atoms with Crippen molar-refractivity contribution in [3.05, 3.63) is 120 Å². The number of hydrogen-bond acceptors (Lipinski definition) is 2. The van der Waals surface area contributed by atoms with Crippen LogP contribution < -0.4 is 9.47 Å². The van der Waals surface area contributed by atoms with E-state index in [1.807, 2.05) is 48.6 Å². The molecule has 0 aliphatic rings. The molecule has 0 spiro atoms. The number of benzene rings is 4. The largest absolute Gasteiger partial charge is 0.489 e. The maximum Gasteiger partial charge on any atom is 0.120 e. The highest BCUT2D eigenvalue weighted by Gasteiger charge is 2.02. The summed E-state index contributed by atoms with van der Waals surface area (Å²) in [6.45, 7) is 8.62. The fourth-order valence-electron chi connectivity index (χ4n) is 3.22. The van der Waals surface area contributed by atoms with Crippen LogP contribution in [-0.4, -0.2) is 0 Å². The molecule has 0 aromatic heterocycles. The molecule has 0 N–H and O–H groups in total. The molecule has 0 saturated carbocycles. The van der Waals surface area contributed by atoms with Gasteiger partial charge in [0.2, 0.25) is 0 Å².